The van der Waals surface area contributed by atoms with Crippen LogP contribution in [0.25, 0.3) is 0 Å². The minimum Gasteiger partial charge on any atom is -0.462 e. The number of esters is 1. The lowest BCUT2D eigenvalue weighted by molar-refractivity contribution is -0.139. The molecule has 16 heavy (non-hydrogen) atoms. The average Bonchev–Trinajstić information content (AvgIpc) is 2.16. The summed E-state index contributed by atoms with van der Waals surface area (Å²) in [6.45, 7) is 9.57. The van der Waals surface area contributed by atoms with E-state index in [0.717, 1.165) is 25.7 Å². The average molecular weight is 228 g/mol. The number of carbonyl (C=O) groups is 1. The molecule has 0 rings (SSSR count). The van der Waals surface area contributed by atoms with Crippen molar-refractivity contribution in [2.75, 3.05) is 6.61 Å². The highest BCUT2D eigenvalue weighted by molar-refractivity contribution is 5.86. The van der Waals surface area contributed by atoms with Crippen LogP contribution in [0.5, 0.6) is 0 Å². The Balaban J connectivity index is 3.47. The van der Waals surface area contributed by atoms with Gasteiger partial charge in [0, 0.05) is 5.57 Å². The summed E-state index contributed by atoms with van der Waals surface area (Å²) in [6.07, 6.45) is 3.59. The topological polar surface area (TPSA) is 46.5 Å². The third-order valence-electron chi connectivity index (χ3n) is 2.51. The van der Waals surface area contributed by atoms with Gasteiger partial charge < -0.3 is 9.84 Å². The zero-order chi connectivity index (χ0) is 12.6. The van der Waals surface area contributed by atoms with Gasteiger partial charge in [0.2, 0.25) is 0 Å². The maximum atomic E-state index is 11.1. The molecule has 0 bridgehead atoms. The van der Waals surface area contributed by atoms with E-state index in [1.54, 1.807) is 13.8 Å². The molecule has 1 N–H and O–H groups in total. The van der Waals surface area contributed by atoms with Crippen molar-refractivity contribution in [3.8, 4) is 0 Å². The Hall–Kier alpha value is -0.830. The molecule has 0 saturated carbocycles. The standard InChI is InChI=1S/C13H24O3/c1-10(2)13(15)16-9-8-11(3)6-5-7-12(4)14/h11-12,14H,1,5-9H2,2-4H3. The second kappa shape index (κ2) is 8.34. The van der Waals surface area contributed by atoms with Crippen molar-refractivity contribution in [2.45, 2.75) is 52.6 Å². The first-order valence-electron chi connectivity index (χ1n) is 5.94. The summed E-state index contributed by atoms with van der Waals surface area (Å²) >= 11 is 0. The van der Waals surface area contributed by atoms with Crippen molar-refractivity contribution in [1.29, 1.82) is 0 Å². The smallest absolute Gasteiger partial charge is 0.333 e. The molecule has 0 amide bonds. The first-order chi connectivity index (χ1) is 7.43. The lowest BCUT2D eigenvalue weighted by Crippen LogP contribution is -2.09. The molecule has 0 aliphatic carbocycles. The molecule has 0 aromatic heterocycles. The maximum absolute atomic E-state index is 11.1. The van der Waals surface area contributed by atoms with E-state index in [1.165, 1.54) is 0 Å². The van der Waals surface area contributed by atoms with Crippen LogP contribution in [0.15, 0.2) is 12.2 Å². The zero-order valence-corrected chi connectivity index (χ0v) is 10.7. The van der Waals surface area contributed by atoms with Crippen molar-refractivity contribution in [2.24, 2.45) is 5.92 Å². The van der Waals surface area contributed by atoms with Crippen LogP contribution >= 0.6 is 0 Å². The van der Waals surface area contributed by atoms with Gasteiger partial charge in [-0.3, -0.25) is 0 Å². The van der Waals surface area contributed by atoms with Gasteiger partial charge in [-0.25, -0.2) is 4.79 Å². The van der Waals surface area contributed by atoms with Crippen LogP contribution in [0.4, 0.5) is 0 Å². The lowest BCUT2D eigenvalue weighted by atomic mass is 10.00. The van der Waals surface area contributed by atoms with Crippen LogP contribution in [-0.4, -0.2) is 23.8 Å². The molecule has 0 fully saturated rings. The number of rotatable bonds is 8. The highest BCUT2D eigenvalue weighted by atomic mass is 16.5. The van der Waals surface area contributed by atoms with Gasteiger partial charge in [0.1, 0.15) is 0 Å². The predicted molar refractivity (Wildman–Crippen MR) is 65.1 cm³/mol. The number of aliphatic hydroxyl groups excluding tert-OH is 1. The molecule has 3 heteroatoms. The largest absolute Gasteiger partial charge is 0.462 e. The minimum atomic E-state index is -0.309. The predicted octanol–water partition coefficient (Wildman–Crippen LogP) is 2.68. The fourth-order valence-electron chi connectivity index (χ4n) is 1.38. The summed E-state index contributed by atoms with van der Waals surface area (Å²) in [6, 6.07) is 0. The van der Waals surface area contributed by atoms with E-state index in [-0.39, 0.29) is 12.1 Å². The Bertz CT molecular complexity index is 221. The lowest BCUT2D eigenvalue weighted by Gasteiger charge is -2.12. The van der Waals surface area contributed by atoms with Gasteiger partial charge in [0.05, 0.1) is 12.7 Å². The van der Waals surface area contributed by atoms with E-state index in [1.807, 2.05) is 0 Å². The summed E-state index contributed by atoms with van der Waals surface area (Å²) in [5.41, 5.74) is 0.446. The van der Waals surface area contributed by atoms with Crippen molar-refractivity contribution >= 4 is 5.97 Å². The van der Waals surface area contributed by atoms with Crippen LogP contribution in [0.3, 0.4) is 0 Å². The van der Waals surface area contributed by atoms with E-state index in [9.17, 15) is 4.79 Å². The summed E-state index contributed by atoms with van der Waals surface area (Å²) in [4.78, 5) is 11.1. The van der Waals surface area contributed by atoms with Crippen molar-refractivity contribution in [3.63, 3.8) is 0 Å². The molecule has 0 aromatic rings. The van der Waals surface area contributed by atoms with E-state index in [2.05, 4.69) is 13.5 Å². The third kappa shape index (κ3) is 8.48. The SMILES string of the molecule is C=C(C)C(=O)OCCC(C)CCCC(C)O. The summed E-state index contributed by atoms with van der Waals surface area (Å²) in [5.74, 6) is 0.216. The molecule has 2 unspecified atom stereocenters. The van der Waals surface area contributed by atoms with Gasteiger partial charge >= 0.3 is 5.97 Å². The zero-order valence-electron chi connectivity index (χ0n) is 10.7. The van der Waals surface area contributed by atoms with Crippen molar-refractivity contribution in [3.05, 3.63) is 12.2 Å². The maximum Gasteiger partial charge on any atom is 0.333 e. The van der Waals surface area contributed by atoms with Crippen LogP contribution in [-0.2, 0) is 9.53 Å². The molecule has 0 saturated heterocycles. The quantitative estimate of drug-likeness (QED) is 0.513. The Labute approximate surface area is 98.5 Å². The minimum absolute atomic E-state index is 0.214. The molecule has 0 aliphatic rings. The molecule has 3 nitrogen and oxygen atoms in total. The number of hydrogen-bond acceptors (Lipinski definition) is 3. The van der Waals surface area contributed by atoms with Gasteiger partial charge in [0.15, 0.2) is 0 Å². The number of hydrogen-bond donors (Lipinski definition) is 1. The highest BCUT2D eigenvalue weighted by Crippen LogP contribution is 2.13. The molecule has 0 radical (unpaired) electrons. The molecular weight excluding hydrogens is 204 g/mol. The monoisotopic (exact) mass is 228 g/mol. The molecule has 2 atom stereocenters. The van der Waals surface area contributed by atoms with E-state index < -0.39 is 0 Å². The van der Waals surface area contributed by atoms with Gasteiger partial charge in [-0.15, -0.1) is 0 Å². The Morgan fingerprint density at radius 2 is 1.94 bits per heavy atom. The molecular formula is C13H24O3. The Kier molecular flexibility index (Phi) is 7.90. The molecule has 0 aliphatic heterocycles. The van der Waals surface area contributed by atoms with Gasteiger partial charge in [-0.1, -0.05) is 26.3 Å². The third-order valence-corrected chi connectivity index (χ3v) is 2.51. The van der Waals surface area contributed by atoms with Gasteiger partial charge in [-0.2, -0.15) is 0 Å². The summed E-state index contributed by atoms with van der Waals surface area (Å²) < 4.78 is 5.01. The highest BCUT2D eigenvalue weighted by Gasteiger charge is 2.06. The number of carbonyl (C=O) groups excluding carboxylic acids is 1. The van der Waals surface area contributed by atoms with E-state index in [4.69, 9.17) is 9.84 Å². The second-order valence-corrected chi connectivity index (χ2v) is 4.59. The van der Waals surface area contributed by atoms with Crippen molar-refractivity contribution < 1.29 is 14.6 Å². The Morgan fingerprint density at radius 1 is 1.31 bits per heavy atom. The second-order valence-electron chi connectivity index (χ2n) is 4.59. The fraction of sp³-hybridized carbons (Fsp3) is 0.769. The fourth-order valence-corrected chi connectivity index (χ4v) is 1.38. The summed E-state index contributed by atoms with van der Waals surface area (Å²) in [7, 11) is 0. The molecule has 0 heterocycles. The number of ether oxygens (including phenoxy) is 1. The van der Waals surface area contributed by atoms with Crippen LogP contribution < -0.4 is 0 Å². The normalized spacial score (nSPS) is 14.2. The van der Waals surface area contributed by atoms with E-state index >= 15 is 0 Å². The first-order valence-corrected chi connectivity index (χ1v) is 5.94. The van der Waals surface area contributed by atoms with Crippen LogP contribution in [0, 0.1) is 5.92 Å². The molecule has 0 aromatic carbocycles. The van der Waals surface area contributed by atoms with Gasteiger partial charge in [0.25, 0.3) is 0 Å². The molecule has 0 spiro atoms. The van der Waals surface area contributed by atoms with Crippen LogP contribution in [0.1, 0.15) is 46.5 Å². The van der Waals surface area contributed by atoms with Crippen molar-refractivity contribution in [1.82, 2.24) is 0 Å². The Morgan fingerprint density at radius 3 is 2.44 bits per heavy atom. The van der Waals surface area contributed by atoms with Crippen LogP contribution in [0.2, 0.25) is 0 Å². The number of aliphatic hydroxyl groups is 1. The van der Waals surface area contributed by atoms with Gasteiger partial charge in [-0.05, 0) is 32.6 Å². The van der Waals surface area contributed by atoms with E-state index in [0.29, 0.717) is 18.1 Å². The first kappa shape index (κ1) is 15.2. The summed E-state index contributed by atoms with van der Waals surface area (Å²) in [5, 5.41) is 9.10. The molecule has 94 valence electrons.